The Labute approximate surface area is 131 Å². The number of nitrogens with zero attached hydrogens (tertiary/aromatic N) is 2. The number of hydrogen-bond donors (Lipinski definition) is 2. The van der Waals surface area contributed by atoms with Crippen LogP contribution in [0.3, 0.4) is 0 Å². The zero-order valence-corrected chi connectivity index (χ0v) is 13.3. The van der Waals surface area contributed by atoms with Crippen molar-refractivity contribution in [3.05, 3.63) is 23.4 Å². The van der Waals surface area contributed by atoms with Crippen LogP contribution in [0.25, 0.3) is 0 Å². The molecule has 1 aromatic rings. The van der Waals surface area contributed by atoms with Crippen LogP contribution < -0.4 is 10.6 Å². The Hall–Kier alpha value is -1.20. The maximum Gasteiger partial charge on any atom is 0.129 e. The van der Waals surface area contributed by atoms with E-state index < -0.39 is 5.60 Å². The molecule has 1 aromatic heterocycles. The summed E-state index contributed by atoms with van der Waals surface area (Å²) in [4.78, 5) is 7.32. The number of rotatable bonds is 2. The van der Waals surface area contributed by atoms with Gasteiger partial charge in [0.05, 0.1) is 5.60 Å². The normalized spacial score (nSPS) is 29.0. The second-order valence-electron chi connectivity index (χ2n) is 6.46. The Kier molecular flexibility index (Phi) is 3.88. The van der Waals surface area contributed by atoms with Gasteiger partial charge in [-0.25, -0.2) is 4.98 Å². The van der Waals surface area contributed by atoms with E-state index in [-0.39, 0.29) is 0 Å². The molecule has 2 aliphatic rings. The molecule has 5 heteroatoms. The molecule has 4 nitrogen and oxygen atoms in total. The molecular weight excluding hydrogens is 282 g/mol. The topological polar surface area (TPSA) is 62.4 Å². The predicted molar refractivity (Wildman–Crippen MR) is 88.6 cm³/mol. The fourth-order valence-electron chi connectivity index (χ4n) is 3.73. The van der Waals surface area contributed by atoms with Crippen molar-refractivity contribution in [3.8, 4) is 0 Å². The Morgan fingerprint density at radius 1 is 1.43 bits per heavy atom. The molecule has 2 fully saturated rings. The third-order valence-electron chi connectivity index (χ3n) is 4.98. The van der Waals surface area contributed by atoms with E-state index in [0.29, 0.717) is 10.9 Å². The van der Waals surface area contributed by atoms with Gasteiger partial charge in [0, 0.05) is 30.3 Å². The standard InChI is InChI=1S/C16H23N3OS/c1-11-8-12(15(17)21)9-14(18-11)19-7-6-16(20)5-3-2-4-13(16)10-19/h8-9,13,20H,2-7,10H2,1H3,(H2,17,21). The predicted octanol–water partition coefficient (Wildman–Crippen LogP) is 2.16. The maximum absolute atomic E-state index is 10.8. The van der Waals surface area contributed by atoms with Crippen LogP contribution in [-0.4, -0.2) is 33.8 Å². The Bertz CT molecular complexity index is 562. The number of fused-ring (bicyclic) bond motifs is 1. The van der Waals surface area contributed by atoms with Crippen molar-refractivity contribution in [1.29, 1.82) is 0 Å². The molecule has 2 heterocycles. The zero-order valence-electron chi connectivity index (χ0n) is 12.5. The molecule has 1 saturated heterocycles. The summed E-state index contributed by atoms with van der Waals surface area (Å²) >= 11 is 5.08. The number of aromatic nitrogens is 1. The summed E-state index contributed by atoms with van der Waals surface area (Å²) in [5.74, 6) is 1.29. The van der Waals surface area contributed by atoms with Gasteiger partial charge in [0.15, 0.2) is 0 Å². The molecule has 2 atom stereocenters. The molecule has 1 aliphatic carbocycles. The highest BCUT2D eigenvalue weighted by atomic mass is 32.1. The number of anilines is 1. The lowest BCUT2D eigenvalue weighted by molar-refractivity contribution is -0.0613. The summed E-state index contributed by atoms with van der Waals surface area (Å²) in [6.07, 6.45) is 5.27. The third kappa shape index (κ3) is 2.90. The summed E-state index contributed by atoms with van der Waals surface area (Å²) in [6, 6.07) is 3.90. The molecule has 2 unspecified atom stereocenters. The van der Waals surface area contributed by atoms with Gasteiger partial charge < -0.3 is 15.7 Å². The van der Waals surface area contributed by atoms with Crippen LogP contribution in [0.5, 0.6) is 0 Å². The number of aliphatic hydroxyl groups is 1. The van der Waals surface area contributed by atoms with Gasteiger partial charge in [-0.15, -0.1) is 0 Å². The number of aryl methyl sites for hydroxylation is 1. The highest BCUT2D eigenvalue weighted by Gasteiger charge is 2.43. The quantitative estimate of drug-likeness (QED) is 0.820. The summed E-state index contributed by atoms with van der Waals surface area (Å²) in [7, 11) is 0. The molecule has 3 N–H and O–H groups in total. The van der Waals surface area contributed by atoms with E-state index >= 15 is 0 Å². The smallest absolute Gasteiger partial charge is 0.129 e. The molecule has 0 radical (unpaired) electrons. The highest BCUT2D eigenvalue weighted by molar-refractivity contribution is 7.80. The average Bonchev–Trinajstić information content (AvgIpc) is 2.45. The van der Waals surface area contributed by atoms with Gasteiger partial charge in [-0.05, 0) is 38.3 Å². The summed E-state index contributed by atoms with van der Waals surface area (Å²) < 4.78 is 0. The average molecular weight is 305 g/mol. The van der Waals surface area contributed by atoms with Gasteiger partial charge in [-0.1, -0.05) is 25.1 Å². The maximum atomic E-state index is 10.8. The van der Waals surface area contributed by atoms with Crippen LogP contribution in [0.15, 0.2) is 12.1 Å². The summed E-state index contributed by atoms with van der Waals surface area (Å²) in [6.45, 7) is 3.69. The third-order valence-corrected chi connectivity index (χ3v) is 5.21. The number of thiocarbonyl (C=S) groups is 1. The van der Waals surface area contributed by atoms with Gasteiger partial charge >= 0.3 is 0 Å². The SMILES string of the molecule is Cc1cc(C(N)=S)cc(N2CCC3(O)CCCCC3C2)n1. The summed E-state index contributed by atoms with van der Waals surface area (Å²) in [5, 5.41) is 10.8. The number of piperidine rings is 1. The molecule has 1 saturated carbocycles. The first-order valence-electron chi connectivity index (χ1n) is 7.74. The van der Waals surface area contributed by atoms with Crippen molar-refractivity contribution >= 4 is 23.0 Å². The lowest BCUT2D eigenvalue weighted by Gasteiger charge is -2.47. The van der Waals surface area contributed by atoms with Crippen molar-refractivity contribution in [3.63, 3.8) is 0 Å². The van der Waals surface area contributed by atoms with Gasteiger partial charge in [0.25, 0.3) is 0 Å². The van der Waals surface area contributed by atoms with Crippen molar-refractivity contribution in [2.75, 3.05) is 18.0 Å². The zero-order chi connectivity index (χ0) is 15.0. The Balaban J connectivity index is 1.83. The molecule has 114 valence electrons. The van der Waals surface area contributed by atoms with Gasteiger partial charge in [0.2, 0.25) is 0 Å². The largest absolute Gasteiger partial charge is 0.389 e. The fraction of sp³-hybridized carbons (Fsp3) is 0.625. The van der Waals surface area contributed by atoms with Crippen LogP contribution in [0.4, 0.5) is 5.82 Å². The first-order valence-corrected chi connectivity index (χ1v) is 8.14. The number of pyridine rings is 1. The monoisotopic (exact) mass is 305 g/mol. The molecule has 0 aromatic carbocycles. The van der Waals surface area contributed by atoms with Crippen molar-refractivity contribution in [1.82, 2.24) is 4.98 Å². The van der Waals surface area contributed by atoms with Gasteiger partial charge in [0.1, 0.15) is 10.8 Å². The van der Waals surface area contributed by atoms with Crippen molar-refractivity contribution < 1.29 is 5.11 Å². The van der Waals surface area contributed by atoms with Crippen molar-refractivity contribution in [2.45, 2.75) is 44.6 Å². The van der Waals surface area contributed by atoms with Crippen LogP contribution in [0.2, 0.25) is 0 Å². The fourth-order valence-corrected chi connectivity index (χ4v) is 3.85. The van der Waals surface area contributed by atoms with Crippen LogP contribution in [0, 0.1) is 12.8 Å². The van der Waals surface area contributed by atoms with E-state index in [2.05, 4.69) is 9.88 Å². The van der Waals surface area contributed by atoms with E-state index in [1.165, 1.54) is 6.42 Å². The molecule has 0 spiro atoms. The minimum atomic E-state index is -0.454. The van der Waals surface area contributed by atoms with E-state index in [4.69, 9.17) is 18.0 Å². The molecular formula is C16H23N3OS. The van der Waals surface area contributed by atoms with Gasteiger partial charge in [-0.3, -0.25) is 0 Å². The number of hydrogen-bond acceptors (Lipinski definition) is 4. The molecule has 1 aliphatic heterocycles. The Morgan fingerprint density at radius 2 is 2.24 bits per heavy atom. The van der Waals surface area contributed by atoms with Crippen LogP contribution in [0.1, 0.15) is 43.4 Å². The van der Waals surface area contributed by atoms with Crippen LogP contribution in [-0.2, 0) is 0 Å². The minimum Gasteiger partial charge on any atom is -0.389 e. The van der Waals surface area contributed by atoms with E-state index in [1.807, 2.05) is 19.1 Å². The van der Waals surface area contributed by atoms with E-state index in [9.17, 15) is 5.11 Å². The molecule has 3 rings (SSSR count). The minimum absolute atomic E-state index is 0.357. The Morgan fingerprint density at radius 3 is 3.00 bits per heavy atom. The van der Waals surface area contributed by atoms with Crippen molar-refractivity contribution in [2.24, 2.45) is 11.7 Å². The lowest BCUT2D eigenvalue weighted by Crippen LogP contribution is -2.53. The van der Waals surface area contributed by atoms with E-state index in [0.717, 1.165) is 55.8 Å². The first kappa shape index (κ1) is 14.7. The molecule has 21 heavy (non-hydrogen) atoms. The highest BCUT2D eigenvalue weighted by Crippen LogP contribution is 2.40. The second-order valence-corrected chi connectivity index (χ2v) is 6.90. The summed E-state index contributed by atoms with van der Waals surface area (Å²) in [5.41, 5.74) is 7.10. The first-order chi connectivity index (χ1) is 9.98. The van der Waals surface area contributed by atoms with E-state index in [1.54, 1.807) is 0 Å². The number of nitrogens with two attached hydrogens (primary N) is 1. The second kappa shape index (κ2) is 5.54. The lowest BCUT2D eigenvalue weighted by atomic mass is 9.71. The molecule has 0 bridgehead atoms. The molecule has 0 amide bonds. The van der Waals surface area contributed by atoms with Crippen LogP contribution >= 0.6 is 12.2 Å². The van der Waals surface area contributed by atoms with Gasteiger partial charge in [-0.2, -0.15) is 0 Å².